The second-order valence-corrected chi connectivity index (χ2v) is 2.32. The van der Waals surface area contributed by atoms with E-state index in [0.29, 0.717) is 0 Å². The molecule has 0 amide bonds. The highest BCUT2D eigenvalue weighted by atomic mass is 35.5. The summed E-state index contributed by atoms with van der Waals surface area (Å²) in [5.74, 6) is -0.500. The normalized spacial score (nSPS) is 9.08. The third-order valence-electron chi connectivity index (χ3n) is 1.30. The van der Waals surface area contributed by atoms with Crippen molar-refractivity contribution in [1.29, 1.82) is 0 Å². The lowest BCUT2D eigenvalue weighted by atomic mass is 10.3. The van der Waals surface area contributed by atoms with Crippen LogP contribution in [0.15, 0.2) is 30.3 Å². The summed E-state index contributed by atoms with van der Waals surface area (Å²) in [6.45, 7) is 0.0769. The highest BCUT2D eigenvalue weighted by Gasteiger charge is 1.99. The van der Waals surface area contributed by atoms with Crippen LogP contribution < -0.4 is 5.32 Å². The molecule has 0 fully saturated rings. The number of carbonyl (C=O) groups excluding carboxylic acids is 1. The third kappa shape index (κ3) is 2.80. The molecule has 0 heterocycles. The Morgan fingerprint density at radius 2 is 2.08 bits per heavy atom. The van der Waals surface area contributed by atoms with Crippen molar-refractivity contribution in [2.45, 2.75) is 0 Å². The van der Waals surface area contributed by atoms with E-state index in [4.69, 9.17) is 11.9 Å². The van der Waals surface area contributed by atoms with Crippen LogP contribution in [0.4, 0.5) is 5.69 Å². The molecule has 4 heteroatoms. The fourth-order valence-electron chi connectivity index (χ4n) is 0.758. The molecule has 0 aliphatic rings. The van der Waals surface area contributed by atoms with Crippen LogP contribution in [0.25, 0.3) is 0 Å². The standard InChI is InChI=1S/C8H8ClNO2/c9-12-8(11)6-10-7-4-2-1-3-5-7/h1-5,10H,6H2. The van der Waals surface area contributed by atoms with Gasteiger partial charge in [0.2, 0.25) is 0 Å². The molecule has 0 aliphatic heterocycles. The summed E-state index contributed by atoms with van der Waals surface area (Å²) in [6.07, 6.45) is 0. The van der Waals surface area contributed by atoms with E-state index < -0.39 is 5.97 Å². The topological polar surface area (TPSA) is 38.3 Å². The zero-order valence-electron chi connectivity index (χ0n) is 6.29. The number of para-hydroxylation sites is 1. The van der Waals surface area contributed by atoms with E-state index in [0.717, 1.165) is 5.69 Å². The molecule has 0 spiro atoms. The number of hydrogen-bond donors (Lipinski definition) is 1. The molecular formula is C8H8ClNO2. The third-order valence-corrected chi connectivity index (χ3v) is 1.47. The van der Waals surface area contributed by atoms with Crippen LogP contribution in [0.3, 0.4) is 0 Å². The van der Waals surface area contributed by atoms with Gasteiger partial charge in [0.25, 0.3) is 0 Å². The molecule has 0 unspecified atom stereocenters. The highest BCUT2D eigenvalue weighted by Crippen LogP contribution is 2.03. The molecule has 0 saturated heterocycles. The Morgan fingerprint density at radius 1 is 1.42 bits per heavy atom. The van der Waals surface area contributed by atoms with Crippen LogP contribution in [-0.2, 0) is 9.08 Å². The van der Waals surface area contributed by atoms with E-state index in [1.165, 1.54) is 0 Å². The molecule has 64 valence electrons. The second-order valence-electron chi connectivity index (χ2n) is 2.17. The Labute approximate surface area is 75.5 Å². The average molecular weight is 186 g/mol. The second kappa shape index (κ2) is 4.62. The van der Waals surface area contributed by atoms with Crippen LogP contribution in [0.1, 0.15) is 0 Å². The van der Waals surface area contributed by atoms with E-state index >= 15 is 0 Å². The van der Waals surface area contributed by atoms with Gasteiger partial charge in [0.05, 0.1) is 0 Å². The zero-order valence-corrected chi connectivity index (χ0v) is 7.04. The summed E-state index contributed by atoms with van der Waals surface area (Å²) in [5.41, 5.74) is 0.861. The quantitative estimate of drug-likeness (QED) is 0.781. The Balaban J connectivity index is 2.38. The SMILES string of the molecule is O=C(CNc1ccccc1)OCl. The molecule has 3 nitrogen and oxygen atoms in total. The first-order valence-corrected chi connectivity index (χ1v) is 3.74. The maximum Gasteiger partial charge on any atom is 0.343 e. The van der Waals surface area contributed by atoms with E-state index in [-0.39, 0.29) is 6.54 Å². The molecule has 0 radical (unpaired) electrons. The van der Waals surface area contributed by atoms with Crippen LogP contribution in [-0.4, -0.2) is 12.5 Å². The van der Waals surface area contributed by atoms with Crippen molar-refractivity contribution in [2.24, 2.45) is 0 Å². The Bertz CT molecular complexity index is 250. The summed E-state index contributed by atoms with van der Waals surface area (Å²) in [5, 5.41) is 2.84. The fraction of sp³-hybridized carbons (Fsp3) is 0.125. The largest absolute Gasteiger partial charge is 0.375 e. The van der Waals surface area contributed by atoms with Gasteiger partial charge >= 0.3 is 5.97 Å². The van der Waals surface area contributed by atoms with Gasteiger partial charge < -0.3 is 9.61 Å². The lowest BCUT2D eigenvalue weighted by molar-refractivity contribution is -0.131. The average Bonchev–Trinajstić information content (AvgIpc) is 2.16. The number of rotatable bonds is 3. The first-order chi connectivity index (χ1) is 5.83. The minimum atomic E-state index is -0.500. The lowest BCUT2D eigenvalue weighted by Gasteiger charge is -2.01. The van der Waals surface area contributed by atoms with E-state index in [1.54, 1.807) is 0 Å². The van der Waals surface area contributed by atoms with Crippen LogP contribution in [0.2, 0.25) is 0 Å². The minimum Gasteiger partial charge on any atom is -0.375 e. The Morgan fingerprint density at radius 3 is 2.67 bits per heavy atom. The predicted molar refractivity (Wildman–Crippen MR) is 46.9 cm³/mol. The fourth-order valence-corrected chi connectivity index (χ4v) is 0.812. The van der Waals surface area contributed by atoms with Crippen molar-refractivity contribution in [3.8, 4) is 0 Å². The van der Waals surface area contributed by atoms with Crippen molar-refractivity contribution in [3.05, 3.63) is 30.3 Å². The monoisotopic (exact) mass is 185 g/mol. The van der Waals surface area contributed by atoms with Crippen molar-refractivity contribution < 1.29 is 9.08 Å². The Hall–Kier alpha value is -1.22. The summed E-state index contributed by atoms with van der Waals surface area (Å²) < 4.78 is 3.94. The van der Waals surface area contributed by atoms with E-state index in [1.807, 2.05) is 30.3 Å². The van der Waals surface area contributed by atoms with Crippen molar-refractivity contribution in [1.82, 2.24) is 0 Å². The van der Waals surface area contributed by atoms with Gasteiger partial charge in [-0.2, -0.15) is 0 Å². The number of carbonyl (C=O) groups is 1. The molecule has 1 aromatic carbocycles. The summed E-state index contributed by atoms with van der Waals surface area (Å²) >= 11 is 4.83. The summed E-state index contributed by atoms with van der Waals surface area (Å²) in [6, 6.07) is 9.33. The van der Waals surface area contributed by atoms with Gasteiger partial charge in [-0.05, 0) is 12.1 Å². The molecule has 12 heavy (non-hydrogen) atoms. The maximum atomic E-state index is 10.6. The van der Waals surface area contributed by atoms with Crippen molar-refractivity contribution in [2.75, 3.05) is 11.9 Å². The van der Waals surface area contributed by atoms with E-state index in [9.17, 15) is 4.79 Å². The molecule has 1 aromatic rings. The van der Waals surface area contributed by atoms with Gasteiger partial charge in [-0.3, -0.25) is 0 Å². The van der Waals surface area contributed by atoms with Crippen LogP contribution >= 0.6 is 11.9 Å². The number of hydrogen-bond acceptors (Lipinski definition) is 3. The molecule has 1 rings (SSSR count). The molecule has 0 saturated carbocycles. The van der Waals surface area contributed by atoms with Crippen LogP contribution in [0.5, 0.6) is 0 Å². The van der Waals surface area contributed by atoms with Gasteiger partial charge in [0.1, 0.15) is 18.4 Å². The lowest BCUT2D eigenvalue weighted by Crippen LogP contribution is -2.12. The predicted octanol–water partition coefficient (Wildman–Crippen LogP) is 1.80. The number of nitrogens with one attached hydrogen (secondary N) is 1. The zero-order chi connectivity index (χ0) is 8.81. The first-order valence-electron chi connectivity index (χ1n) is 3.43. The molecule has 0 bridgehead atoms. The van der Waals surface area contributed by atoms with Gasteiger partial charge in [-0.25, -0.2) is 4.79 Å². The van der Waals surface area contributed by atoms with Gasteiger partial charge in [0, 0.05) is 5.69 Å². The molecular weight excluding hydrogens is 178 g/mol. The molecule has 0 aliphatic carbocycles. The van der Waals surface area contributed by atoms with Crippen LogP contribution in [0, 0.1) is 0 Å². The summed E-state index contributed by atoms with van der Waals surface area (Å²) in [4.78, 5) is 10.6. The minimum absolute atomic E-state index is 0.0769. The first kappa shape index (κ1) is 8.87. The Kier molecular flexibility index (Phi) is 3.41. The van der Waals surface area contributed by atoms with Crippen molar-refractivity contribution >= 4 is 23.5 Å². The highest BCUT2D eigenvalue weighted by molar-refractivity contribution is 6.13. The number of benzene rings is 1. The van der Waals surface area contributed by atoms with Crippen molar-refractivity contribution in [3.63, 3.8) is 0 Å². The molecule has 1 N–H and O–H groups in total. The van der Waals surface area contributed by atoms with Gasteiger partial charge in [-0.1, -0.05) is 18.2 Å². The maximum absolute atomic E-state index is 10.6. The van der Waals surface area contributed by atoms with Gasteiger partial charge in [0.15, 0.2) is 0 Å². The number of halogens is 1. The molecule has 0 aromatic heterocycles. The number of anilines is 1. The smallest absolute Gasteiger partial charge is 0.343 e. The molecule has 0 atom stereocenters. The van der Waals surface area contributed by atoms with Gasteiger partial charge in [-0.15, -0.1) is 0 Å². The van der Waals surface area contributed by atoms with E-state index in [2.05, 4.69) is 9.61 Å². The summed E-state index contributed by atoms with van der Waals surface area (Å²) in [7, 11) is 0.